The lowest BCUT2D eigenvalue weighted by molar-refractivity contribution is -0.142. The zero-order valence-electron chi connectivity index (χ0n) is 17.9. The summed E-state index contributed by atoms with van der Waals surface area (Å²) in [5.41, 5.74) is 0.929. The molecule has 3 saturated heterocycles. The Morgan fingerprint density at radius 2 is 1.88 bits per heavy atom. The van der Waals surface area contributed by atoms with Crippen LogP contribution in [0.4, 0.5) is 8.78 Å². The average Bonchev–Trinajstić information content (AvgIpc) is 3.31. The van der Waals surface area contributed by atoms with Crippen LogP contribution in [0.25, 0.3) is 0 Å². The third-order valence-electron chi connectivity index (χ3n) is 6.90. The normalized spacial score (nSPS) is 24.3. The summed E-state index contributed by atoms with van der Waals surface area (Å²) in [6, 6.07) is 6.69. The number of benzene rings is 1. The number of amides is 2. The van der Waals surface area contributed by atoms with E-state index in [0.717, 1.165) is 18.1 Å². The quantitative estimate of drug-likeness (QED) is 0.730. The molecule has 1 spiro atoms. The lowest BCUT2D eigenvalue weighted by Gasteiger charge is -2.37. The molecule has 3 fully saturated rings. The van der Waals surface area contributed by atoms with Gasteiger partial charge in [-0.05, 0) is 54.7 Å². The largest absolute Gasteiger partial charge is 0.342 e. The van der Waals surface area contributed by atoms with E-state index in [-0.39, 0.29) is 11.8 Å². The molecular weight excluding hydrogens is 416 g/mol. The fourth-order valence-electron chi connectivity index (χ4n) is 5.18. The molecule has 1 aromatic carbocycles. The zero-order valence-corrected chi connectivity index (χ0v) is 17.9. The van der Waals surface area contributed by atoms with Crippen LogP contribution < -0.4 is 0 Å². The minimum absolute atomic E-state index is 0.144. The molecule has 0 N–H and O–H groups in total. The Balaban J connectivity index is 1.30. The topological polar surface area (TPSA) is 62.7 Å². The van der Waals surface area contributed by atoms with Crippen LogP contribution in [0.5, 0.6) is 0 Å². The number of fused-ring (bicyclic) bond motifs is 1. The maximum atomic E-state index is 13.8. The molecule has 3 aliphatic rings. The summed E-state index contributed by atoms with van der Waals surface area (Å²) in [6.07, 6.45) is 4.06. The van der Waals surface area contributed by atoms with Crippen LogP contribution in [0.2, 0.25) is 0 Å². The van der Waals surface area contributed by atoms with E-state index in [2.05, 4.69) is 4.98 Å². The van der Waals surface area contributed by atoms with Gasteiger partial charge in [0.2, 0.25) is 0 Å². The summed E-state index contributed by atoms with van der Waals surface area (Å²) in [6.45, 7) is 2.81. The Hall–Kier alpha value is -2.87. The van der Waals surface area contributed by atoms with Crippen molar-refractivity contribution in [2.24, 2.45) is 0 Å². The monoisotopic (exact) mass is 441 g/mol. The van der Waals surface area contributed by atoms with Crippen molar-refractivity contribution >= 4 is 11.8 Å². The van der Waals surface area contributed by atoms with E-state index in [1.54, 1.807) is 16.0 Å². The Morgan fingerprint density at radius 1 is 1.16 bits per heavy atom. The van der Waals surface area contributed by atoms with E-state index in [9.17, 15) is 18.4 Å². The number of hydrogen-bond acceptors (Lipinski definition) is 4. The fraction of sp³-hybridized carbons (Fsp3) is 0.458. The van der Waals surface area contributed by atoms with Crippen molar-refractivity contribution in [1.29, 1.82) is 0 Å². The van der Waals surface area contributed by atoms with Gasteiger partial charge in [-0.3, -0.25) is 14.6 Å². The molecule has 0 saturated carbocycles. The first kappa shape index (κ1) is 21.0. The predicted octanol–water partition coefficient (Wildman–Crippen LogP) is 3.62. The van der Waals surface area contributed by atoms with Gasteiger partial charge >= 0.3 is 0 Å². The second kappa shape index (κ2) is 7.92. The number of aryl methyl sites for hydroxylation is 1. The van der Waals surface area contributed by atoms with Crippen molar-refractivity contribution in [2.45, 2.75) is 56.9 Å². The van der Waals surface area contributed by atoms with Gasteiger partial charge in [0, 0.05) is 38.2 Å². The number of carbonyl (C=O) groups excluding carboxylic acids is 2. The van der Waals surface area contributed by atoms with Gasteiger partial charge in [0.1, 0.15) is 23.6 Å². The molecule has 32 heavy (non-hydrogen) atoms. The summed E-state index contributed by atoms with van der Waals surface area (Å²) in [7, 11) is 0. The standard InChI is InChI=1S/C24H25F2N3O3/c1-2-15-5-8-27-19(11-15)22(30)28-9-6-24(7-10-28)23(31)29-20(3-4-21(29)32-24)16-12-17(25)14-18(26)13-16/h5,8,11-14,20-21H,2-4,6-7,9-10H2,1H3. The highest BCUT2D eigenvalue weighted by Crippen LogP contribution is 2.47. The van der Waals surface area contributed by atoms with E-state index in [1.165, 1.54) is 12.1 Å². The van der Waals surface area contributed by atoms with Gasteiger partial charge in [-0.25, -0.2) is 8.78 Å². The number of halogens is 2. The highest BCUT2D eigenvalue weighted by atomic mass is 19.1. The van der Waals surface area contributed by atoms with E-state index in [0.29, 0.717) is 50.0 Å². The number of rotatable bonds is 3. The third-order valence-corrected chi connectivity index (χ3v) is 6.90. The first-order valence-corrected chi connectivity index (χ1v) is 11.1. The molecule has 0 radical (unpaired) electrons. The molecular formula is C24H25F2N3O3. The van der Waals surface area contributed by atoms with Crippen molar-refractivity contribution in [3.05, 3.63) is 65.0 Å². The Morgan fingerprint density at radius 3 is 2.56 bits per heavy atom. The number of ether oxygens (including phenoxy) is 1. The van der Waals surface area contributed by atoms with Crippen molar-refractivity contribution in [3.8, 4) is 0 Å². The SMILES string of the molecule is CCc1ccnc(C(=O)N2CCC3(CC2)OC2CCC(c4cc(F)cc(F)c4)N2C3=O)c1. The maximum Gasteiger partial charge on any atom is 0.272 e. The minimum Gasteiger partial charge on any atom is -0.342 e. The number of carbonyl (C=O) groups is 2. The van der Waals surface area contributed by atoms with Crippen LogP contribution in [0.15, 0.2) is 36.5 Å². The molecule has 2 unspecified atom stereocenters. The molecule has 0 aliphatic carbocycles. The smallest absolute Gasteiger partial charge is 0.272 e. The molecule has 2 atom stereocenters. The van der Waals surface area contributed by atoms with Crippen molar-refractivity contribution in [2.75, 3.05) is 13.1 Å². The average molecular weight is 441 g/mol. The first-order valence-electron chi connectivity index (χ1n) is 11.1. The molecule has 2 aromatic rings. The Bertz CT molecular complexity index is 1050. The molecule has 1 aromatic heterocycles. The predicted molar refractivity (Wildman–Crippen MR) is 112 cm³/mol. The van der Waals surface area contributed by atoms with E-state index >= 15 is 0 Å². The number of pyridine rings is 1. The van der Waals surface area contributed by atoms with Crippen LogP contribution in [0.1, 0.15) is 60.3 Å². The van der Waals surface area contributed by atoms with Gasteiger partial charge in [0.05, 0.1) is 6.04 Å². The van der Waals surface area contributed by atoms with Gasteiger partial charge in [-0.1, -0.05) is 6.92 Å². The maximum absolute atomic E-state index is 13.8. The Kier molecular flexibility index (Phi) is 5.20. The molecule has 2 amide bonds. The summed E-state index contributed by atoms with van der Waals surface area (Å²) in [4.78, 5) is 33.9. The Labute approximate surface area is 185 Å². The number of likely N-dealkylation sites (tertiary alicyclic amines) is 1. The fourth-order valence-corrected chi connectivity index (χ4v) is 5.18. The summed E-state index contributed by atoms with van der Waals surface area (Å²) < 4.78 is 33.8. The van der Waals surface area contributed by atoms with Crippen LogP contribution in [-0.2, 0) is 16.0 Å². The highest BCUT2D eigenvalue weighted by molar-refractivity contribution is 5.93. The lowest BCUT2D eigenvalue weighted by atomic mass is 9.89. The van der Waals surface area contributed by atoms with Gasteiger partial charge in [0.15, 0.2) is 5.60 Å². The van der Waals surface area contributed by atoms with Crippen molar-refractivity contribution < 1.29 is 23.1 Å². The summed E-state index contributed by atoms with van der Waals surface area (Å²) in [5, 5.41) is 0. The minimum atomic E-state index is -0.981. The molecule has 5 rings (SSSR count). The van der Waals surface area contributed by atoms with Gasteiger partial charge < -0.3 is 14.5 Å². The van der Waals surface area contributed by atoms with Crippen LogP contribution in [0, 0.1) is 11.6 Å². The van der Waals surface area contributed by atoms with Gasteiger partial charge in [0.25, 0.3) is 11.8 Å². The summed E-state index contributed by atoms with van der Waals surface area (Å²) >= 11 is 0. The van der Waals surface area contributed by atoms with E-state index in [1.807, 2.05) is 19.1 Å². The second-order valence-electron chi connectivity index (χ2n) is 8.77. The van der Waals surface area contributed by atoms with E-state index in [4.69, 9.17) is 4.74 Å². The van der Waals surface area contributed by atoms with E-state index < -0.39 is 29.5 Å². The molecule has 0 bridgehead atoms. The number of nitrogens with zero attached hydrogens (tertiary/aromatic N) is 3. The molecule has 3 aliphatic heterocycles. The van der Waals surface area contributed by atoms with Crippen LogP contribution >= 0.6 is 0 Å². The van der Waals surface area contributed by atoms with Crippen molar-refractivity contribution in [3.63, 3.8) is 0 Å². The van der Waals surface area contributed by atoms with Crippen LogP contribution in [0.3, 0.4) is 0 Å². The number of aromatic nitrogens is 1. The van der Waals surface area contributed by atoms with Gasteiger partial charge in [-0.15, -0.1) is 0 Å². The lowest BCUT2D eigenvalue weighted by Crippen LogP contribution is -2.51. The molecule has 8 heteroatoms. The number of piperidine rings is 1. The molecule has 4 heterocycles. The first-order chi connectivity index (χ1) is 15.4. The van der Waals surface area contributed by atoms with Crippen LogP contribution in [-0.4, -0.2) is 51.5 Å². The third kappa shape index (κ3) is 3.46. The van der Waals surface area contributed by atoms with Crippen molar-refractivity contribution in [1.82, 2.24) is 14.8 Å². The zero-order chi connectivity index (χ0) is 22.5. The second-order valence-corrected chi connectivity index (χ2v) is 8.77. The van der Waals surface area contributed by atoms with Gasteiger partial charge in [-0.2, -0.15) is 0 Å². The number of hydrogen-bond donors (Lipinski definition) is 0. The molecule has 6 nitrogen and oxygen atoms in total. The molecule has 168 valence electrons. The highest BCUT2D eigenvalue weighted by Gasteiger charge is 2.58. The summed E-state index contributed by atoms with van der Waals surface area (Å²) in [5.74, 6) is -1.60.